The molecule has 39 heavy (non-hydrogen) atoms. The van der Waals surface area contributed by atoms with E-state index in [-0.39, 0.29) is 0 Å². The van der Waals surface area contributed by atoms with Crippen LogP contribution in [0.1, 0.15) is 0 Å². The first kappa shape index (κ1) is 23.4. The molecule has 182 valence electrons. The van der Waals surface area contributed by atoms with Gasteiger partial charge in [-0.3, -0.25) is 0 Å². The monoisotopic (exact) mass is 503 g/mol. The molecule has 6 aromatic rings. The summed E-state index contributed by atoms with van der Waals surface area (Å²) in [5.41, 5.74) is 3.40. The molecule has 0 aromatic heterocycles. The maximum atomic E-state index is 9.47. The van der Waals surface area contributed by atoms with Crippen molar-refractivity contribution in [3.8, 4) is 58.3 Å². The molecule has 0 aliphatic rings. The summed E-state index contributed by atoms with van der Waals surface area (Å²) in [5.74, 6) is 1.31. The lowest BCUT2D eigenvalue weighted by Crippen LogP contribution is -1.94. The Morgan fingerprint density at radius 1 is 0.462 bits per heavy atom. The van der Waals surface area contributed by atoms with Crippen molar-refractivity contribution in [3.63, 3.8) is 0 Å². The predicted octanol–water partition coefficient (Wildman–Crippen LogP) is 8.06. The molecule has 6 heteroatoms. The summed E-state index contributed by atoms with van der Waals surface area (Å²) < 4.78 is 15.9. The highest BCUT2D eigenvalue weighted by Gasteiger charge is 2.19. The quantitative estimate of drug-likeness (QED) is 0.221. The minimum absolute atomic E-state index is 0.413. The van der Waals surface area contributed by atoms with E-state index in [0.29, 0.717) is 17.2 Å². The van der Waals surface area contributed by atoms with Gasteiger partial charge in [0.2, 0.25) is 0 Å². The molecule has 0 radical (unpaired) electrons. The lowest BCUT2D eigenvalue weighted by atomic mass is 9.88. The molecule has 0 fully saturated rings. The SMILES string of the molecule is N#COc1ccc2c(-c3ccc(-c4c(OC#N)ccc5ccccc45)c4cccc(OC#N)c34)cccc2c1. The molecule has 0 unspecified atom stereocenters. The van der Waals surface area contributed by atoms with Gasteiger partial charge in [0.15, 0.2) is 11.5 Å². The average Bonchev–Trinajstić information content (AvgIpc) is 2.97. The molecule has 0 atom stereocenters. The van der Waals surface area contributed by atoms with Crippen LogP contribution in [0.4, 0.5) is 0 Å². The van der Waals surface area contributed by atoms with Crippen LogP contribution in [0.5, 0.6) is 17.2 Å². The van der Waals surface area contributed by atoms with E-state index in [1.54, 1.807) is 24.5 Å². The van der Waals surface area contributed by atoms with E-state index in [0.717, 1.165) is 54.6 Å². The third kappa shape index (κ3) is 3.98. The fraction of sp³-hybridized carbons (Fsp3) is 0. The van der Waals surface area contributed by atoms with Gasteiger partial charge in [0, 0.05) is 10.9 Å². The smallest absolute Gasteiger partial charge is 0.292 e. The number of hydrogen-bond acceptors (Lipinski definition) is 6. The average molecular weight is 504 g/mol. The first-order chi connectivity index (χ1) is 19.2. The fourth-order valence-corrected chi connectivity index (χ4v) is 5.23. The maximum Gasteiger partial charge on any atom is 0.292 e. The Bertz CT molecular complexity index is 2050. The zero-order valence-electron chi connectivity index (χ0n) is 20.4. The van der Waals surface area contributed by atoms with Crippen molar-refractivity contribution in [2.75, 3.05) is 0 Å². The van der Waals surface area contributed by atoms with Crippen molar-refractivity contribution in [1.29, 1.82) is 15.8 Å². The minimum atomic E-state index is 0.413. The summed E-state index contributed by atoms with van der Waals surface area (Å²) in [5, 5.41) is 33.1. The maximum absolute atomic E-state index is 9.47. The van der Waals surface area contributed by atoms with Crippen LogP contribution in [0.15, 0.2) is 103 Å². The molecule has 0 heterocycles. The van der Waals surface area contributed by atoms with Gasteiger partial charge in [-0.15, -0.1) is 15.8 Å². The Morgan fingerprint density at radius 3 is 2.03 bits per heavy atom. The van der Waals surface area contributed by atoms with Crippen molar-refractivity contribution in [3.05, 3.63) is 103 Å². The van der Waals surface area contributed by atoms with Gasteiger partial charge in [-0.2, -0.15) is 0 Å². The predicted molar refractivity (Wildman–Crippen MR) is 149 cm³/mol. The molecule has 0 saturated heterocycles. The topological polar surface area (TPSA) is 99.1 Å². The second-order valence-corrected chi connectivity index (χ2v) is 8.77. The van der Waals surface area contributed by atoms with E-state index in [4.69, 9.17) is 19.5 Å². The summed E-state index contributed by atoms with van der Waals surface area (Å²) in [6.07, 6.45) is 5.34. The highest BCUT2D eigenvalue weighted by molar-refractivity contribution is 6.15. The van der Waals surface area contributed by atoms with Crippen molar-refractivity contribution in [1.82, 2.24) is 0 Å². The van der Waals surface area contributed by atoms with Crippen LogP contribution in [0.3, 0.4) is 0 Å². The highest BCUT2D eigenvalue weighted by Crippen LogP contribution is 2.46. The van der Waals surface area contributed by atoms with Gasteiger partial charge < -0.3 is 14.2 Å². The molecule has 6 rings (SSSR count). The summed E-state index contributed by atoms with van der Waals surface area (Å²) in [4.78, 5) is 0. The van der Waals surface area contributed by atoms with E-state index in [1.165, 1.54) is 0 Å². The third-order valence-electron chi connectivity index (χ3n) is 6.78. The molecule has 6 nitrogen and oxygen atoms in total. The molecule has 0 saturated carbocycles. The number of nitrogens with zero attached hydrogens (tertiary/aromatic N) is 3. The molecule has 0 spiro atoms. The van der Waals surface area contributed by atoms with Crippen LogP contribution in [-0.2, 0) is 0 Å². The van der Waals surface area contributed by atoms with E-state index in [9.17, 15) is 10.5 Å². The third-order valence-corrected chi connectivity index (χ3v) is 6.78. The summed E-state index contributed by atoms with van der Waals surface area (Å²) >= 11 is 0. The van der Waals surface area contributed by atoms with Gasteiger partial charge in [0.25, 0.3) is 18.8 Å². The van der Waals surface area contributed by atoms with Crippen LogP contribution in [0.25, 0.3) is 54.6 Å². The Kier molecular flexibility index (Phi) is 5.87. The van der Waals surface area contributed by atoms with Crippen molar-refractivity contribution >= 4 is 32.3 Å². The Labute approximate surface area is 223 Å². The first-order valence-corrected chi connectivity index (χ1v) is 12.0. The number of nitriles is 3. The fourth-order valence-electron chi connectivity index (χ4n) is 5.23. The van der Waals surface area contributed by atoms with Crippen molar-refractivity contribution in [2.45, 2.75) is 0 Å². The normalized spacial score (nSPS) is 10.5. The van der Waals surface area contributed by atoms with E-state index in [2.05, 4.69) is 0 Å². The van der Waals surface area contributed by atoms with Crippen LogP contribution in [0, 0.1) is 34.6 Å². The zero-order chi connectivity index (χ0) is 26.8. The molecule has 0 aliphatic carbocycles. The lowest BCUT2D eigenvalue weighted by Gasteiger charge is -2.18. The van der Waals surface area contributed by atoms with Crippen molar-refractivity contribution in [2.24, 2.45) is 0 Å². The highest BCUT2D eigenvalue weighted by atomic mass is 16.5. The van der Waals surface area contributed by atoms with Crippen LogP contribution in [-0.4, -0.2) is 0 Å². The molecule has 0 aliphatic heterocycles. The van der Waals surface area contributed by atoms with Gasteiger partial charge in [-0.05, 0) is 67.9 Å². The van der Waals surface area contributed by atoms with Gasteiger partial charge in [-0.1, -0.05) is 78.9 Å². The van der Waals surface area contributed by atoms with Gasteiger partial charge >= 0.3 is 0 Å². The Morgan fingerprint density at radius 2 is 1.18 bits per heavy atom. The second kappa shape index (κ2) is 9.79. The first-order valence-electron chi connectivity index (χ1n) is 12.0. The van der Waals surface area contributed by atoms with E-state index in [1.807, 2.05) is 97.4 Å². The summed E-state index contributed by atoms with van der Waals surface area (Å²) in [6, 6.07) is 32.6. The molecule has 6 aromatic carbocycles. The minimum Gasteiger partial charge on any atom is -0.388 e. The molecule has 0 bridgehead atoms. The molecule has 0 amide bonds. The second-order valence-electron chi connectivity index (χ2n) is 8.77. The van der Waals surface area contributed by atoms with Crippen LogP contribution >= 0.6 is 0 Å². The summed E-state index contributed by atoms with van der Waals surface area (Å²) in [7, 11) is 0. The van der Waals surface area contributed by atoms with Gasteiger partial charge in [0.05, 0.1) is 0 Å². The number of hydrogen-bond donors (Lipinski definition) is 0. The van der Waals surface area contributed by atoms with Gasteiger partial charge in [0.1, 0.15) is 5.75 Å². The van der Waals surface area contributed by atoms with E-state index >= 15 is 0 Å². The number of rotatable bonds is 5. The molecular weight excluding hydrogens is 486 g/mol. The Balaban J connectivity index is 1.70. The summed E-state index contributed by atoms with van der Waals surface area (Å²) in [6.45, 7) is 0. The van der Waals surface area contributed by atoms with Crippen LogP contribution in [0.2, 0.25) is 0 Å². The number of ether oxygens (including phenoxy) is 3. The largest absolute Gasteiger partial charge is 0.388 e. The lowest BCUT2D eigenvalue weighted by molar-refractivity contribution is 0.508. The molecule has 0 N–H and O–H groups in total. The van der Waals surface area contributed by atoms with Gasteiger partial charge in [-0.25, -0.2) is 0 Å². The van der Waals surface area contributed by atoms with Crippen molar-refractivity contribution < 1.29 is 14.2 Å². The van der Waals surface area contributed by atoms with Crippen LogP contribution < -0.4 is 14.2 Å². The number of fused-ring (bicyclic) bond motifs is 3. The Hall–Kier alpha value is -6.03. The molecular formula is C33H17N3O3. The number of benzene rings is 6. The van der Waals surface area contributed by atoms with E-state index < -0.39 is 0 Å². The zero-order valence-corrected chi connectivity index (χ0v) is 20.4. The standard InChI is InChI=1S/C33H17N3O3/c34-18-37-23-12-13-24-22(17-23)6-3-8-26(24)28-14-15-29(27-9-4-10-30(33(27)28)38-19-35)32-25-7-2-1-5-21(25)11-16-31(32)39-20-36/h1-17H.